The number of rotatable bonds is 3. The third-order valence-corrected chi connectivity index (χ3v) is 3.79. The molecule has 0 spiro atoms. The fourth-order valence-corrected chi connectivity index (χ4v) is 2.73. The molecule has 0 aliphatic carbocycles. The van der Waals surface area contributed by atoms with Crippen LogP contribution in [0.3, 0.4) is 0 Å². The molecule has 0 bridgehead atoms. The first-order chi connectivity index (χ1) is 9.40. The van der Waals surface area contributed by atoms with E-state index >= 15 is 0 Å². The van der Waals surface area contributed by atoms with Gasteiger partial charge in [-0.25, -0.2) is 4.79 Å². The number of aromatic carboxylic acids is 1. The monoisotopic (exact) mass is 278 g/mol. The lowest BCUT2D eigenvalue weighted by Crippen LogP contribution is -2.34. The second-order valence-electron chi connectivity index (χ2n) is 5.40. The summed E-state index contributed by atoms with van der Waals surface area (Å²) in [5.74, 6) is -0.630. The number of carbonyl (C=O) groups is 1. The summed E-state index contributed by atoms with van der Waals surface area (Å²) < 4.78 is 0. The Labute approximate surface area is 117 Å². The Morgan fingerprint density at radius 2 is 2.20 bits per heavy atom. The Balaban J connectivity index is 2.50. The minimum absolute atomic E-state index is 0.0319. The molecule has 1 aliphatic rings. The van der Waals surface area contributed by atoms with Crippen molar-refractivity contribution in [2.24, 2.45) is 5.92 Å². The Morgan fingerprint density at radius 1 is 1.50 bits per heavy atom. The van der Waals surface area contributed by atoms with Crippen LogP contribution in [0.4, 0.5) is 11.4 Å². The Morgan fingerprint density at radius 3 is 2.75 bits per heavy atom. The summed E-state index contributed by atoms with van der Waals surface area (Å²) in [4.78, 5) is 23.8. The zero-order valence-corrected chi connectivity index (χ0v) is 11.6. The largest absolute Gasteiger partial charge is 0.478 e. The predicted molar refractivity (Wildman–Crippen MR) is 75.4 cm³/mol. The highest BCUT2D eigenvalue weighted by atomic mass is 16.6. The molecular weight excluding hydrogens is 260 g/mol. The van der Waals surface area contributed by atoms with Gasteiger partial charge in [-0.05, 0) is 31.7 Å². The zero-order valence-electron chi connectivity index (χ0n) is 11.6. The maximum atomic E-state index is 11.1. The Hall–Kier alpha value is -2.11. The lowest BCUT2D eigenvalue weighted by atomic mass is 9.98. The number of anilines is 1. The summed E-state index contributed by atoms with van der Waals surface area (Å²) in [6.07, 6.45) is 2.15. The quantitative estimate of drug-likeness (QED) is 0.679. The number of benzene rings is 1. The van der Waals surface area contributed by atoms with Crippen LogP contribution in [0.5, 0.6) is 0 Å². The summed E-state index contributed by atoms with van der Waals surface area (Å²) >= 11 is 0. The molecule has 2 rings (SSSR count). The number of hydrogen-bond acceptors (Lipinski definition) is 4. The second kappa shape index (κ2) is 5.48. The fraction of sp³-hybridized carbons (Fsp3) is 0.500. The van der Waals surface area contributed by atoms with E-state index in [4.69, 9.17) is 5.11 Å². The van der Waals surface area contributed by atoms with E-state index in [2.05, 4.69) is 11.8 Å². The van der Waals surface area contributed by atoms with Crippen LogP contribution >= 0.6 is 0 Å². The Bertz CT molecular complexity index is 556. The summed E-state index contributed by atoms with van der Waals surface area (Å²) in [7, 11) is 0. The average molecular weight is 278 g/mol. The van der Waals surface area contributed by atoms with Gasteiger partial charge in [0.2, 0.25) is 0 Å². The number of hydrogen-bond donors (Lipinski definition) is 1. The number of carboxylic acid groups (broad SMARTS) is 1. The fourth-order valence-electron chi connectivity index (χ4n) is 2.73. The van der Waals surface area contributed by atoms with Crippen LogP contribution in [-0.2, 0) is 0 Å². The summed E-state index contributed by atoms with van der Waals surface area (Å²) in [5, 5.41) is 20.2. The third-order valence-electron chi connectivity index (χ3n) is 3.79. The van der Waals surface area contributed by atoms with Crippen molar-refractivity contribution in [2.75, 3.05) is 18.0 Å². The van der Waals surface area contributed by atoms with Gasteiger partial charge in [-0.1, -0.05) is 6.92 Å². The highest BCUT2D eigenvalue weighted by molar-refractivity contribution is 5.90. The number of carboxylic acids is 1. The van der Waals surface area contributed by atoms with Crippen LogP contribution in [0.25, 0.3) is 0 Å². The average Bonchev–Trinajstić information content (AvgIpc) is 2.38. The zero-order chi connectivity index (χ0) is 14.9. The van der Waals surface area contributed by atoms with Gasteiger partial charge in [0.25, 0.3) is 5.69 Å². The molecule has 1 aromatic rings. The molecular formula is C14H18N2O4. The molecule has 1 saturated heterocycles. The van der Waals surface area contributed by atoms with E-state index in [0.29, 0.717) is 17.2 Å². The van der Waals surface area contributed by atoms with Crippen molar-refractivity contribution in [3.8, 4) is 0 Å². The van der Waals surface area contributed by atoms with Gasteiger partial charge in [0.05, 0.1) is 16.1 Å². The molecule has 0 amide bonds. The maximum absolute atomic E-state index is 11.1. The SMILES string of the molecule is Cc1c(N2CCCC(C)C2)cc(C(=O)O)cc1[N+](=O)[O-]. The minimum atomic E-state index is -1.14. The van der Waals surface area contributed by atoms with E-state index in [-0.39, 0.29) is 11.3 Å². The molecule has 6 nitrogen and oxygen atoms in total. The normalized spacial score (nSPS) is 18.9. The van der Waals surface area contributed by atoms with Gasteiger partial charge in [-0.2, -0.15) is 0 Å². The van der Waals surface area contributed by atoms with E-state index in [0.717, 1.165) is 32.0 Å². The van der Waals surface area contributed by atoms with Gasteiger partial charge >= 0.3 is 5.97 Å². The van der Waals surface area contributed by atoms with E-state index in [9.17, 15) is 14.9 Å². The maximum Gasteiger partial charge on any atom is 0.336 e. The molecule has 0 saturated carbocycles. The third kappa shape index (κ3) is 2.74. The highest BCUT2D eigenvalue weighted by Crippen LogP contribution is 2.33. The van der Waals surface area contributed by atoms with Gasteiger partial charge in [0.1, 0.15) is 0 Å². The van der Waals surface area contributed by atoms with Gasteiger partial charge in [-0.3, -0.25) is 10.1 Å². The summed E-state index contributed by atoms with van der Waals surface area (Å²) in [6.45, 7) is 5.43. The number of piperidine rings is 1. The molecule has 6 heteroatoms. The molecule has 1 N–H and O–H groups in total. The molecule has 1 atom stereocenters. The lowest BCUT2D eigenvalue weighted by molar-refractivity contribution is -0.385. The van der Waals surface area contributed by atoms with Crippen LogP contribution < -0.4 is 4.90 Å². The minimum Gasteiger partial charge on any atom is -0.478 e. The van der Waals surface area contributed by atoms with Crippen molar-refractivity contribution < 1.29 is 14.8 Å². The van der Waals surface area contributed by atoms with E-state index in [1.54, 1.807) is 13.0 Å². The Kier molecular flexibility index (Phi) is 3.92. The first-order valence-corrected chi connectivity index (χ1v) is 6.67. The van der Waals surface area contributed by atoms with Crippen molar-refractivity contribution in [3.05, 3.63) is 33.4 Å². The molecule has 1 fully saturated rings. The van der Waals surface area contributed by atoms with Crippen LogP contribution in [0, 0.1) is 23.0 Å². The van der Waals surface area contributed by atoms with Gasteiger partial charge in [0.15, 0.2) is 0 Å². The number of nitro benzene ring substituents is 1. The van der Waals surface area contributed by atoms with E-state index < -0.39 is 10.9 Å². The van der Waals surface area contributed by atoms with Crippen LogP contribution in [0.1, 0.15) is 35.7 Å². The molecule has 1 unspecified atom stereocenters. The van der Waals surface area contributed by atoms with Gasteiger partial charge in [0, 0.05) is 24.8 Å². The summed E-state index contributed by atoms with van der Waals surface area (Å²) in [5.41, 5.74) is 1.05. The smallest absolute Gasteiger partial charge is 0.336 e. The highest BCUT2D eigenvalue weighted by Gasteiger charge is 2.24. The summed E-state index contributed by atoms with van der Waals surface area (Å²) in [6, 6.07) is 2.68. The van der Waals surface area contributed by atoms with Crippen molar-refractivity contribution in [1.29, 1.82) is 0 Å². The molecule has 108 valence electrons. The van der Waals surface area contributed by atoms with Crippen molar-refractivity contribution in [3.63, 3.8) is 0 Å². The molecule has 1 aromatic carbocycles. The number of nitrogens with zero attached hydrogens (tertiary/aromatic N) is 2. The molecule has 0 aromatic heterocycles. The second-order valence-corrected chi connectivity index (χ2v) is 5.40. The lowest BCUT2D eigenvalue weighted by Gasteiger charge is -2.33. The molecule has 1 aliphatic heterocycles. The molecule has 20 heavy (non-hydrogen) atoms. The van der Waals surface area contributed by atoms with Crippen LogP contribution in [0.15, 0.2) is 12.1 Å². The van der Waals surface area contributed by atoms with Gasteiger partial charge in [-0.15, -0.1) is 0 Å². The van der Waals surface area contributed by atoms with Gasteiger partial charge < -0.3 is 10.0 Å². The standard InChI is InChI=1S/C14H18N2O4/c1-9-4-3-5-15(8-9)12-6-11(14(17)18)7-13(10(12)2)16(19)20/h6-7,9H,3-5,8H2,1-2H3,(H,17,18). The van der Waals surface area contributed by atoms with Crippen molar-refractivity contribution in [2.45, 2.75) is 26.7 Å². The van der Waals surface area contributed by atoms with Crippen molar-refractivity contribution >= 4 is 17.3 Å². The molecule has 0 radical (unpaired) electrons. The van der Waals surface area contributed by atoms with Crippen molar-refractivity contribution in [1.82, 2.24) is 0 Å². The van der Waals surface area contributed by atoms with Crippen LogP contribution in [-0.4, -0.2) is 29.1 Å². The van der Waals surface area contributed by atoms with E-state index in [1.165, 1.54) is 0 Å². The number of nitro groups is 1. The predicted octanol–water partition coefficient (Wildman–Crippen LogP) is 2.84. The molecule has 1 heterocycles. The first kappa shape index (κ1) is 14.3. The van der Waals surface area contributed by atoms with E-state index in [1.807, 2.05) is 0 Å². The first-order valence-electron chi connectivity index (χ1n) is 6.67. The topological polar surface area (TPSA) is 83.7 Å². The van der Waals surface area contributed by atoms with Crippen LogP contribution in [0.2, 0.25) is 0 Å².